The molecule has 0 atom stereocenters. The molecule has 1 aliphatic heterocycles. The molecule has 5 rings (SSSR count). The van der Waals surface area contributed by atoms with Crippen molar-refractivity contribution < 1.29 is 28.7 Å². The van der Waals surface area contributed by atoms with Gasteiger partial charge in [-0.15, -0.1) is 34.4 Å². The summed E-state index contributed by atoms with van der Waals surface area (Å²) in [5.41, 5.74) is 2.15. The SMILES string of the molecule is CCOC(=O)c1c(NC(=O)CSc2cccc(NC(=O)/C(=C/c3cccs3)NC(=O)c3ccccc3)c2)sc2c1CCN(C(C)=O)C2. The molecule has 0 fully saturated rings. The summed E-state index contributed by atoms with van der Waals surface area (Å²) in [4.78, 5) is 68.1. The number of carbonyl (C=O) groups is 5. The van der Waals surface area contributed by atoms with Crippen LogP contribution in [0, 0.1) is 0 Å². The molecule has 0 saturated heterocycles. The van der Waals surface area contributed by atoms with E-state index in [0.717, 1.165) is 20.2 Å². The van der Waals surface area contributed by atoms with Gasteiger partial charge >= 0.3 is 5.97 Å². The van der Waals surface area contributed by atoms with Crippen molar-refractivity contribution >= 4 is 80.8 Å². The third kappa shape index (κ3) is 8.76. The van der Waals surface area contributed by atoms with Gasteiger partial charge < -0.3 is 25.6 Å². The minimum absolute atomic E-state index is 0.0401. The highest BCUT2D eigenvalue weighted by Gasteiger charge is 2.30. The van der Waals surface area contributed by atoms with Crippen LogP contribution in [0.4, 0.5) is 10.7 Å². The lowest BCUT2D eigenvalue weighted by atomic mass is 10.0. The molecular formula is C34H32N4O6S3. The fourth-order valence-corrected chi connectivity index (χ4v) is 7.49. The number of nitrogens with zero attached hydrogens (tertiary/aromatic N) is 1. The maximum Gasteiger partial charge on any atom is 0.341 e. The summed E-state index contributed by atoms with van der Waals surface area (Å²) >= 11 is 3.98. The molecule has 2 aromatic heterocycles. The molecule has 0 aliphatic carbocycles. The summed E-state index contributed by atoms with van der Waals surface area (Å²) in [5, 5.41) is 10.7. The number of ether oxygens (including phenoxy) is 1. The normalized spacial score (nSPS) is 12.6. The van der Waals surface area contributed by atoms with E-state index in [1.54, 1.807) is 66.4 Å². The van der Waals surface area contributed by atoms with Gasteiger partial charge in [-0.2, -0.15) is 0 Å². The molecule has 13 heteroatoms. The number of thiophene rings is 2. The number of hydrogen-bond donors (Lipinski definition) is 3. The van der Waals surface area contributed by atoms with Crippen molar-refractivity contribution in [2.75, 3.05) is 29.5 Å². The summed E-state index contributed by atoms with van der Waals surface area (Å²) in [6.07, 6.45) is 2.12. The Bertz CT molecular complexity index is 1820. The first kappa shape index (κ1) is 33.6. The first-order valence-electron chi connectivity index (χ1n) is 14.7. The molecule has 1 aliphatic rings. The molecule has 0 bridgehead atoms. The zero-order valence-electron chi connectivity index (χ0n) is 25.7. The Kier molecular flexibility index (Phi) is 11.2. The van der Waals surface area contributed by atoms with Gasteiger partial charge in [-0.25, -0.2) is 4.79 Å². The second kappa shape index (κ2) is 15.7. The van der Waals surface area contributed by atoms with Crippen LogP contribution in [0.3, 0.4) is 0 Å². The summed E-state index contributed by atoms with van der Waals surface area (Å²) in [6.45, 7) is 4.30. The molecular weight excluding hydrogens is 657 g/mol. The predicted molar refractivity (Wildman–Crippen MR) is 186 cm³/mol. The Morgan fingerprint density at radius 3 is 2.53 bits per heavy atom. The van der Waals surface area contributed by atoms with Gasteiger partial charge in [0.2, 0.25) is 11.8 Å². The van der Waals surface area contributed by atoms with Crippen molar-refractivity contribution in [1.29, 1.82) is 0 Å². The fourth-order valence-electron chi connectivity index (χ4n) is 4.81. The van der Waals surface area contributed by atoms with Gasteiger partial charge in [0.1, 0.15) is 10.7 Å². The Balaban J connectivity index is 1.25. The first-order chi connectivity index (χ1) is 22.7. The number of rotatable bonds is 11. The average molecular weight is 689 g/mol. The lowest BCUT2D eigenvalue weighted by Gasteiger charge is -2.25. The van der Waals surface area contributed by atoms with Gasteiger partial charge in [0.15, 0.2) is 0 Å². The van der Waals surface area contributed by atoms with Crippen molar-refractivity contribution in [2.45, 2.75) is 31.7 Å². The molecule has 0 unspecified atom stereocenters. The number of nitrogens with one attached hydrogen (secondary N) is 3. The molecule has 10 nitrogen and oxygen atoms in total. The molecule has 3 heterocycles. The van der Waals surface area contributed by atoms with E-state index in [-0.39, 0.29) is 29.9 Å². The third-order valence-corrected chi connectivity index (χ3v) is 10.0. The van der Waals surface area contributed by atoms with E-state index >= 15 is 0 Å². The molecule has 2 aromatic carbocycles. The van der Waals surface area contributed by atoms with E-state index in [0.29, 0.717) is 41.3 Å². The summed E-state index contributed by atoms with van der Waals surface area (Å²) < 4.78 is 5.28. The van der Waals surface area contributed by atoms with Crippen LogP contribution >= 0.6 is 34.4 Å². The number of benzene rings is 2. The van der Waals surface area contributed by atoms with Crippen LogP contribution in [0.25, 0.3) is 6.08 Å². The summed E-state index contributed by atoms with van der Waals surface area (Å²) in [6, 6.07) is 19.4. The lowest BCUT2D eigenvalue weighted by Crippen LogP contribution is -2.34. The third-order valence-electron chi connectivity index (χ3n) is 7.06. The van der Waals surface area contributed by atoms with Crippen molar-refractivity contribution in [3.63, 3.8) is 0 Å². The fraction of sp³-hybridized carbons (Fsp3) is 0.206. The standard InChI is InChI=1S/C34H32N4O6S3/c1-3-44-34(43)30-26-14-15-38(21(2)39)19-28(26)47-33(30)37-29(40)20-46-24-12-7-11-23(17-24)35-32(42)27(18-25-13-8-16-45-25)36-31(41)22-9-5-4-6-10-22/h4-13,16-18H,3,14-15,19-20H2,1-2H3,(H,35,42)(H,36,41)(H,37,40)/b27-18-. The molecule has 3 N–H and O–H groups in total. The zero-order chi connectivity index (χ0) is 33.3. The highest BCUT2D eigenvalue weighted by atomic mass is 32.2. The van der Waals surface area contributed by atoms with Gasteiger partial charge in [-0.1, -0.05) is 30.3 Å². The van der Waals surface area contributed by atoms with Crippen LogP contribution in [-0.2, 0) is 32.1 Å². The van der Waals surface area contributed by atoms with Crippen molar-refractivity contribution in [3.05, 3.63) is 104 Å². The van der Waals surface area contributed by atoms with Crippen LogP contribution in [-0.4, -0.2) is 53.4 Å². The van der Waals surface area contributed by atoms with Gasteiger partial charge in [-0.3, -0.25) is 19.2 Å². The molecule has 4 amide bonds. The van der Waals surface area contributed by atoms with Crippen LogP contribution < -0.4 is 16.0 Å². The van der Waals surface area contributed by atoms with Gasteiger partial charge in [0.25, 0.3) is 11.8 Å². The molecule has 242 valence electrons. The molecule has 0 saturated carbocycles. The Labute approximate surface area is 284 Å². The van der Waals surface area contributed by atoms with E-state index in [4.69, 9.17) is 4.74 Å². The monoisotopic (exact) mass is 688 g/mol. The quantitative estimate of drug-likeness (QED) is 0.0996. The number of thioether (sulfide) groups is 1. The number of fused-ring (bicyclic) bond motifs is 1. The van der Waals surface area contributed by atoms with Gasteiger partial charge in [0.05, 0.1) is 24.5 Å². The summed E-state index contributed by atoms with van der Waals surface area (Å²) in [7, 11) is 0. The zero-order valence-corrected chi connectivity index (χ0v) is 28.1. The Morgan fingerprint density at radius 1 is 1.00 bits per heavy atom. The topological polar surface area (TPSA) is 134 Å². The molecule has 4 aromatic rings. The number of hydrogen-bond acceptors (Lipinski definition) is 9. The van der Waals surface area contributed by atoms with Crippen molar-refractivity contribution in [1.82, 2.24) is 10.2 Å². The number of anilines is 2. The highest BCUT2D eigenvalue weighted by molar-refractivity contribution is 8.00. The second-order valence-electron chi connectivity index (χ2n) is 10.3. The molecule has 0 spiro atoms. The minimum Gasteiger partial charge on any atom is -0.462 e. The van der Waals surface area contributed by atoms with E-state index in [2.05, 4.69) is 16.0 Å². The second-order valence-corrected chi connectivity index (χ2v) is 13.5. The van der Waals surface area contributed by atoms with Crippen LogP contribution in [0.5, 0.6) is 0 Å². The number of amides is 4. The predicted octanol–water partition coefficient (Wildman–Crippen LogP) is 6.03. The van der Waals surface area contributed by atoms with Gasteiger partial charge in [-0.05, 0) is 66.8 Å². The molecule has 47 heavy (non-hydrogen) atoms. The average Bonchev–Trinajstić information content (AvgIpc) is 3.71. The minimum atomic E-state index is -0.501. The van der Waals surface area contributed by atoms with Crippen LogP contribution in [0.1, 0.15) is 49.9 Å². The smallest absolute Gasteiger partial charge is 0.341 e. The van der Waals surface area contributed by atoms with E-state index in [1.165, 1.54) is 41.4 Å². The largest absolute Gasteiger partial charge is 0.462 e. The van der Waals surface area contributed by atoms with E-state index < -0.39 is 17.8 Å². The maximum atomic E-state index is 13.3. The number of carbonyl (C=O) groups excluding carboxylic acids is 5. The highest BCUT2D eigenvalue weighted by Crippen LogP contribution is 2.38. The number of esters is 1. The molecule has 0 radical (unpaired) electrons. The van der Waals surface area contributed by atoms with Gasteiger partial charge in [0, 0.05) is 39.4 Å². The Morgan fingerprint density at radius 2 is 1.81 bits per heavy atom. The van der Waals surface area contributed by atoms with E-state index in [1.807, 2.05) is 23.6 Å². The Hall–Kier alpha value is -4.72. The maximum absolute atomic E-state index is 13.3. The summed E-state index contributed by atoms with van der Waals surface area (Å²) in [5.74, 6) is -1.74. The lowest BCUT2D eigenvalue weighted by molar-refractivity contribution is -0.129. The van der Waals surface area contributed by atoms with Crippen molar-refractivity contribution in [2.24, 2.45) is 0 Å². The van der Waals surface area contributed by atoms with Crippen LogP contribution in [0.15, 0.2) is 82.7 Å². The van der Waals surface area contributed by atoms with E-state index in [9.17, 15) is 24.0 Å². The first-order valence-corrected chi connectivity index (χ1v) is 17.4. The van der Waals surface area contributed by atoms with Crippen LogP contribution in [0.2, 0.25) is 0 Å². The van der Waals surface area contributed by atoms with Crippen molar-refractivity contribution in [3.8, 4) is 0 Å².